The molecule has 4 aromatic rings. The minimum atomic E-state index is 0.0607. The molecular weight excluding hydrogens is 418 g/mol. The first-order chi connectivity index (χ1) is 13.6. The van der Waals surface area contributed by atoms with Crippen LogP contribution in [0.5, 0.6) is 11.5 Å². The molecule has 1 N–H and O–H groups in total. The van der Waals surface area contributed by atoms with Gasteiger partial charge in [-0.2, -0.15) is 0 Å². The number of ether oxygens (including phenoxy) is 2. The zero-order valence-electron chi connectivity index (χ0n) is 15.6. The lowest BCUT2D eigenvalue weighted by molar-refractivity contribution is 0.239. The molecule has 0 bridgehead atoms. The van der Waals surface area contributed by atoms with Crippen LogP contribution in [0.3, 0.4) is 0 Å². The number of nitrogens with one attached hydrogen (secondary N) is 1. The minimum absolute atomic E-state index is 0.0607. The summed E-state index contributed by atoms with van der Waals surface area (Å²) in [7, 11) is 0. The maximum absolute atomic E-state index is 6.02. The van der Waals surface area contributed by atoms with Crippen LogP contribution in [0, 0.1) is 0 Å². The zero-order valence-corrected chi connectivity index (χ0v) is 17.2. The van der Waals surface area contributed by atoms with Crippen LogP contribution >= 0.6 is 15.9 Å². The van der Waals surface area contributed by atoms with Gasteiger partial charge in [0.15, 0.2) is 5.65 Å². The summed E-state index contributed by atoms with van der Waals surface area (Å²) in [5.74, 6) is 2.19. The van der Waals surface area contributed by atoms with Crippen molar-refractivity contribution in [2.45, 2.75) is 26.6 Å². The summed E-state index contributed by atoms with van der Waals surface area (Å²) in [4.78, 5) is 12.3. The summed E-state index contributed by atoms with van der Waals surface area (Å²) < 4.78 is 12.8. The molecule has 0 spiro atoms. The van der Waals surface area contributed by atoms with Crippen LogP contribution in [0.4, 0.5) is 0 Å². The zero-order chi connectivity index (χ0) is 19.5. The Bertz CT molecular complexity index is 1090. The number of aromatic amines is 1. The second-order valence-corrected chi connectivity index (χ2v) is 7.66. The van der Waals surface area contributed by atoms with E-state index in [1.54, 1.807) is 6.20 Å². The lowest BCUT2D eigenvalue weighted by Crippen LogP contribution is -2.06. The third kappa shape index (κ3) is 4.34. The second kappa shape index (κ2) is 8.02. The van der Waals surface area contributed by atoms with Gasteiger partial charge in [0, 0.05) is 22.3 Å². The van der Waals surface area contributed by atoms with Crippen molar-refractivity contribution < 1.29 is 9.47 Å². The SMILES string of the molecule is CC(C)Oc1cc(OCc2ccccc2)cc(-c2nc3ncc(Br)cc3[nH]2)c1. The molecule has 0 saturated heterocycles. The number of hydrogen-bond acceptors (Lipinski definition) is 4. The summed E-state index contributed by atoms with van der Waals surface area (Å²) >= 11 is 3.44. The Labute approximate surface area is 171 Å². The van der Waals surface area contributed by atoms with E-state index < -0.39 is 0 Å². The summed E-state index contributed by atoms with van der Waals surface area (Å²) in [5, 5.41) is 0. The number of nitrogens with zero attached hydrogens (tertiary/aromatic N) is 2. The van der Waals surface area contributed by atoms with Crippen molar-refractivity contribution in [1.82, 2.24) is 15.0 Å². The van der Waals surface area contributed by atoms with Gasteiger partial charge < -0.3 is 14.5 Å². The van der Waals surface area contributed by atoms with Gasteiger partial charge in [-0.15, -0.1) is 0 Å². The van der Waals surface area contributed by atoms with Gasteiger partial charge in [-0.1, -0.05) is 30.3 Å². The minimum Gasteiger partial charge on any atom is -0.491 e. The fourth-order valence-electron chi connectivity index (χ4n) is 2.88. The van der Waals surface area contributed by atoms with Crippen molar-refractivity contribution >= 4 is 27.1 Å². The molecule has 2 aromatic heterocycles. The van der Waals surface area contributed by atoms with Crippen molar-refractivity contribution in [3.63, 3.8) is 0 Å². The molecule has 28 heavy (non-hydrogen) atoms. The number of H-pyrrole nitrogens is 1. The van der Waals surface area contributed by atoms with E-state index in [0.29, 0.717) is 12.3 Å². The first kappa shape index (κ1) is 18.5. The number of halogens is 1. The predicted octanol–water partition coefficient (Wildman–Crippen LogP) is 5.75. The highest BCUT2D eigenvalue weighted by Crippen LogP contribution is 2.31. The van der Waals surface area contributed by atoms with Crippen molar-refractivity contribution in [3.05, 3.63) is 70.8 Å². The van der Waals surface area contributed by atoms with Gasteiger partial charge in [-0.25, -0.2) is 9.97 Å². The third-order valence-electron chi connectivity index (χ3n) is 4.08. The van der Waals surface area contributed by atoms with Crippen LogP contribution in [-0.2, 0) is 6.61 Å². The number of fused-ring (bicyclic) bond motifs is 1. The van der Waals surface area contributed by atoms with E-state index in [0.717, 1.165) is 38.4 Å². The van der Waals surface area contributed by atoms with E-state index in [4.69, 9.17) is 9.47 Å². The molecule has 0 fully saturated rings. The van der Waals surface area contributed by atoms with E-state index in [1.807, 2.05) is 68.4 Å². The molecule has 0 aliphatic heterocycles. The Morgan fingerprint density at radius 1 is 1.04 bits per heavy atom. The lowest BCUT2D eigenvalue weighted by Gasteiger charge is -2.14. The Balaban J connectivity index is 1.68. The standard InChI is InChI=1S/C22H20BrN3O2/c1-14(2)28-19-9-16(21-25-20-10-17(23)12-24-22(20)26-21)8-18(11-19)27-13-15-6-4-3-5-7-15/h3-12,14H,13H2,1-2H3,(H,24,25,26). The summed E-state index contributed by atoms with van der Waals surface area (Å²) in [6.45, 7) is 4.49. The molecule has 5 nitrogen and oxygen atoms in total. The molecule has 0 aliphatic rings. The maximum Gasteiger partial charge on any atom is 0.178 e. The van der Waals surface area contributed by atoms with Crippen molar-refractivity contribution in [2.24, 2.45) is 0 Å². The largest absolute Gasteiger partial charge is 0.491 e. The molecule has 0 unspecified atom stereocenters. The van der Waals surface area contributed by atoms with E-state index >= 15 is 0 Å². The number of benzene rings is 2. The summed E-state index contributed by atoms with van der Waals surface area (Å²) in [6, 6.07) is 17.9. The molecule has 6 heteroatoms. The number of aromatic nitrogens is 3. The highest BCUT2D eigenvalue weighted by molar-refractivity contribution is 9.10. The third-order valence-corrected chi connectivity index (χ3v) is 4.51. The normalized spacial score (nSPS) is 11.1. The Morgan fingerprint density at radius 2 is 1.82 bits per heavy atom. The molecule has 0 amide bonds. The number of imidazole rings is 1. The molecular formula is C22H20BrN3O2. The molecule has 0 saturated carbocycles. The van der Waals surface area contributed by atoms with Gasteiger partial charge >= 0.3 is 0 Å². The molecule has 2 aromatic carbocycles. The van der Waals surface area contributed by atoms with Crippen LogP contribution in [0.1, 0.15) is 19.4 Å². The van der Waals surface area contributed by atoms with E-state index in [1.165, 1.54) is 0 Å². The molecule has 142 valence electrons. The summed E-state index contributed by atoms with van der Waals surface area (Å²) in [6.07, 6.45) is 1.80. The van der Waals surface area contributed by atoms with Gasteiger partial charge in [-0.3, -0.25) is 0 Å². The number of pyridine rings is 1. The Hall–Kier alpha value is -2.86. The van der Waals surface area contributed by atoms with Crippen LogP contribution < -0.4 is 9.47 Å². The Morgan fingerprint density at radius 3 is 2.61 bits per heavy atom. The van der Waals surface area contributed by atoms with Crippen LogP contribution in [0.2, 0.25) is 0 Å². The number of rotatable bonds is 6. The molecule has 0 aliphatic carbocycles. The van der Waals surface area contributed by atoms with E-state index in [2.05, 4.69) is 30.9 Å². The van der Waals surface area contributed by atoms with E-state index in [9.17, 15) is 0 Å². The molecule has 0 atom stereocenters. The monoisotopic (exact) mass is 437 g/mol. The van der Waals surface area contributed by atoms with Gasteiger partial charge in [0.1, 0.15) is 23.9 Å². The van der Waals surface area contributed by atoms with Crippen molar-refractivity contribution in [3.8, 4) is 22.9 Å². The van der Waals surface area contributed by atoms with Gasteiger partial charge in [0.25, 0.3) is 0 Å². The molecule has 4 rings (SSSR count). The highest BCUT2D eigenvalue weighted by atomic mass is 79.9. The average Bonchev–Trinajstić information content (AvgIpc) is 3.10. The first-order valence-corrected chi connectivity index (χ1v) is 9.86. The average molecular weight is 438 g/mol. The quantitative estimate of drug-likeness (QED) is 0.416. The van der Waals surface area contributed by atoms with Crippen LogP contribution in [0.25, 0.3) is 22.6 Å². The first-order valence-electron chi connectivity index (χ1n) is 9.07. The number of hydrogen-bond donors (Lipinski definition) is 1. The molecule has 2 heterocycles. The van der Waals surface area contributed by atoms with Crippen LogP contribution in [-0.4, -0.2) is 21.1 Å². The highest BCUT2D eigenvalue weighted by Gasteiger charge is 2.11. The summed E-state index contributed by atoms with van der Waals surface area (Å²) in [5.41, 5.74) is 3.53. The van der Waals surface area contributed by atoms with Crippen LogP contribution in [0.15, 0.2) is 65.3 Å². The smallest absolute Gasteiger partial charge is 0.178 e. The second-order valence-electron chi connectivity index (χ2n) is 6.74. The van der Waals surface area contributed by atoms with Gasteiger partial charge in [0.05, 0.1) is 11.6 Å². The fraction of sp³-hybridized carbons (Fsp3) is 0.182. The Kier molecular flexibility index (Phi) is 5.30. The van der Waals surface area contributed by atoms with Crippen molar-refractivity contribution in [1.29, 1.82) is 0 Å². The van der Waals surface area contributed by atoms with Gasteiger partial charge in [0.2, 0.25) is 0 Å². The predicted molar refractivity (Wildman–Crippen MR) is 114 cm³/mol. The van der Waals surface area contributed by atoms with E-state index in [-0.39, 0.29) is 6.10 Å². The van der Waals surface area contributed by atoms with Crippen molar-refractivity contribution in [2.75, 3.05) is 0 Å². The lowest BCUT2D eigenvalue weighted by atomic mass is 10.2. The van der Waals surface area contributed by atoms with Gasteiger partial charge in [-0.05, 0) is 53.5 Å². The maximum atomic E-state index is 6.02. The topological polar surface area (TPSA) is 60.0 Å². The fourth-order valence-corrected chi connectivity index (χ4v) is 3.22. The molecule has 0 radical (unpaired) electrons.